The fraction of sp³-hybridized carbons (Fsp3) is 0.619. The monoisotopic (exact) mass is 358 g/mol. The van der Waals surface area contributed by atoms with E-state index in [9.17, 15) is 14.7 Å². The molecule has 0 aromatic heterocycles. The van der Waals surface area contributed by atoms with E-state index in [0.717, 1.165) is 38.3 Å². The molecule has 0 radical (unpaired) electrons. The summed E-state index contributed by atoms with van der Waals surface area (Å²) in [6, 6.07) is 6.19. The van der Waals surface area contributed by atoms with Crippen LogP contribution in [0.2, 0.25) is 0 Å². The number of benzene rings is 1. The van der Waals surface area contributed by atoms with Gasteiger partial charge in [-0.25, -0.2) is 0 Å². The van der Waals surface area contributed by atoms with Crippen LogP contribution >= 0.6 is 0 Å². The molecule has 2 atom stereocenters. The molecule has 0 aliphatic carbocycles. The number of aromatic hydroxyl groups is 1. The first-order valence-electron chi connectivity index (χ1n) is 9.99. The SMILES string of the molecule is CCC[C@@H]1CCCN(C(=O)[C@H]2CCCN2C(=O)c2ccccc2O)CC1. The molecule has 5 heteroatoms. The van der Waals surface area contributed by atoms with Gasteiger partial charge in [-0.2, -0.15) is 0 Å². The van der Waals surface area contributed by atoms with Gasteiger partial charge in [0, 0.05) is 19.6 Å². The highest BCUT2D eigenvalue weighted by Gasteiger charge is 2.37. The number of nitrogens with zero attached hydrogens (tertiary/aromatic N) is 2. The summed E-state index contributed by atoms with van der Waals surface area (Å²) in [6.07, 6.45) is 7.31. The van der Waals surface area contributed by atoms with Crippen LogP contribution in [0.25, 0.3) is 0 Å². The molecule has 2 aliphatic heterocycles. The zero-order chi connectivity index (χ0) is 18.5. The summed E-state index contributed by atoms with van der Waals surface area (Å²) in [5, 5.41) is 9.99. The number of rotatable bonds is 4. The first-order chi connectivity index (χ1) is 12.6. The molecule has 26 heavy (non-hydrogen) atoms. The second kappa shape index (κ2) is 8.56. The Morgan fingerprint density at radius 1 is 1.08 bits per heavy atom. The van der Waals surface area contributed by atoms with Crippen molar-refractivity contribution in [2.75, 3.05) is 19.6 Å². The molecular formula is C21H30N2O3. The molecule has 0 spiro atoms. The number of para-hydroxylation sites is 1. The van der Waals surface area contributed by atoms with Crippen molar-refractivity contribution in [1.82, 2.24) is 9.80 Å². The molecule has 142 valence electrons. The van der Waals surface area contributed by atoms with Gasteiger partial charge in [-0.1, -0.05) is 31.9 Å². The minimum atomic E-state index is -0.384. The third kappa shape index (κ3) is 4.02. The molecule has 3 rings (SSSR count). The van der Waals surface area contributed by atoms with Gasteiger partial charge < -0.3 is 14.9 Å². The van der Waals surface area contributed by atoms with Crippen LogP contribution in [-0.2, 0) is 4.79 Å². The van der Waals surface area contributed by atoms with Crippen molar-refractivity contribution in [2.24, 2.45) is 5.92 Å². The molecule has 1 aromatic carbocycles. The van der Waals surface area contributed by atoms with Crippen molar-refractivity contribution in [1.29, 1.82) is 0 Å². The number of phenols is 1. The average molecular weight is 358 g/mol. The van der Waals surface area contributed by atoms with E-state index in [1.807, 2.05) is 4.90 Å². The Kier molecular flexibility index (Phi) is 6.17. The van der Waals surface area contributed by atoms with Crippen molar-refractivity contribution >= 4 is 11.8 Å². The zero-order valence-corrected chi connectivity index (χ0v) is 15.7. The Hall–Kier alpha value is -2.04. The molecule has 2 aliphatic rings. The summed E-state index contributed by atoms with van der Waals surface area (Å²) < 4.78 is 0. The Labute approximate surface area is 156 Å². The summed E-state index contributed by atoms with van der Waals surface area (Å²) in [5.41, 5.74) is 0.283. The maximum absolute atomic E-state index is 13.1. The average Bonchev–Trinajstić information content (AvgIpc) is 3.02. The maximum Gasteiger partial charge on any atom is 0.258 e. The van der Waals surface area contributed by atoms with Gasteiger partial charge in [0.1, 0.15) is 11.8 Å². The number of carbonyl (C=O) groups excluding carboxylic acids is 2. The lowest BCUT2D eigenvalue weighted by atomic mass is 9.96. The van der Waals surface area contributed by atoms with Crippen LogP contribution in [0.1, 0.15) is 62.2 Å². The van der Waals surface area contributed by atoms with Crippen LogP contribution in [0.15, 0.2) is 24.3 Å². The quantitative estimate of drug-likeness (QED) is 0.897. The summed E-state index contributed by atoms with van der Waals surface area (Å²) in [5.74, 6) is 0.550. The van der Waals surface area contributed by atoms with Gasteiger partial charge in [-0.05, 0) is 50.2 Å². The molecule has 0 bridgehead atoms. The highest BCUT2D eigenvalue weighted by Crippen LogP contribution is 2.27. The number of hydrogen-bond donors (Lipinski definition) is 1. The van der Waals surface area contributed by atoms with Gasteiger partial charge in [0.05, 0.1) is 5.56 Å². The van der Waals surface area contributed by atoms with Crippen LogP contribution < -0.4 is 0 Å². The molecule has 0 unspecified atom stereocenters. The molecule has 0 saturated carbocycles. The minimum absolute atomic E-state index is 0.0206. The van der Waals surface area contributed by atoms with E-state index in [0.29, 0.717) is 13.0 Å². The van der Waals surface area contributed by atoms with Crippen LogP contribution in [0.5, 0.6) is 5.75 Å². The number of hydrogen-bond acceptors (Lipinski definition) is 3. The highest BCUT2D eigenvalue weighted by atomic mass is 16.3. The number of amides is 2. The van der Waals surface area contributed by atoms with Crippen molar-refractivity contribution in [2.45, 2.75) is 57.9 Å². The largest absolute Gasteiger partial charge is 0.507 e. The standard InChI is InChI=1S/C21H30N2O3/c1-2-7-16-8-5-13-22(15-12-16)21(26)18-10-6-14-23(18)20(25)17-9-3-4-11-19(17)24/h3-4,9,11,16,18,24H,2,5-8,10,12-15H2,1H3/t16-,18-/m1/s1. The van der Waals surface area contributed by atoms with Crippen molar-refractivity contribution in [3.63, 3.8) is 0 Å². The molecule has 2 amide bonds. The predicted molar refractivity (Wildman–Crippen MR) is 101 cm³/mol. The molecule has 2 fully saturated rings. The summed E-state index contributed by atoms with van der Waals surface area (Å²) in [7, 11) is 0. The van der Waals surface area contributed by atoms with Gasteiger partial charge in [0.25, 0.3) is 5.91 Å². The van der Waals surface area contributed by atoms with E-state index < -0.39 is 0 Å². The second-order valence-electron chi connectivity index (χ2n) is 7.58. The molecule has 1 N–H and O–H groups in total. The Balaban J connectivity index is 1.68. The first kappa shape index (κ1) is 18.7. The van der Waals surface area contributed by atoms with Crippen molar-refractivity contribution < 1.29 is 14.7 Å². The molecule has 5 nitrogen and oxygen atoms in total. The van der Waals surface area contributed by atoms with E-state index in [1.54, 1.807) is 23.1 Å². The van der Waals surface area contributed by atoms with E-state index in [2.05, 4.69) is 6.92 Å². The molecule has 2 saturated heterocycles. The lowest BCUT2D eigenvalue weighted by Crippen LogP contribution is -2.48. The van der Waals surface area contributed by atoms with Crippen LogP contribution in [-0.4, -0.2) is 52.4 Å². The Morgan fingerprint density at radius 3 is 2.62 bits per heavy atom. The topological polar surface area (TPSA) is 60.9 Å². The Bertz CT molecular complexity index is 646. The fourth-order valence-corrected chi connectivity index (χ4v) is 4.37. The van der Waals surface area contributed by atoms with Crippen LogP contribution in [0.4, 0.5) is 0 Å². The van der Waals surface area contributed by atoms with Crippen molar-refractivity contribution in [3.05, 3.63) is 29.8 Å². The van der Waals surface area contributed by atoms with Gasteiger partial charge in [-0.3, -0.25) is 9.59 Å². The van der Waals surface area contributed by atoms with Gasteiger partial charge in [0.15, 0.2) is 0 Å². The second-order valence-corrected chi connectivity index (χ2v) is 7.58. The van der Waals surface area contributed by atoms with E-state index in [4.69, 9.17) is 0 Å². The van der Waals surface area contributed by atoms with Crippen LogP contribution in [0.3, 0.4) is 0 Å². The Morgan fingerprint density at radius 2 is 1.85 bits per heavy atom. The normalized spacial score (nSPS) is 23.7. The van der Waals surface area contributed by atoms with E-state index >= 15 is 0 Å². The lowest BCUT2D eigenvalue weighted by molar-refractivity contribution is -0.135. The first-order valence-corrected chi connectivity index (χ1v) is 9.99. The molecular weight excluding hydrogens is 328 g/mol. The van der Waals surface area contributed by atoms with Crippen LogP contribution in [0, 0.1) is 5.92 Å². The lowest BCUT2D eigenvalue weighted by Gasteiger charge is -2.30. The van der Waals surface area contributed by atoms with E-state index in [1.165, 1.54) is 25.3 Å². The fourth-order valence-electron chi connectivity index (χ4n) is 4.37. The molecule has 1 aromatic rings. The summed E-state index contributed by atoms with van der Waals surface area (Å²) in [6.45, 7) is 4.40. The van der Waals surface area contributed by atoms with Gasteiger partial charge in [-0.15, -0.1) is 0 Å². The van der Waals surface area contributed by atoms with Crippen molar-refractivity contribution in [3.8, 4) is 5.75 Å². The molecule has 2 heterocycles. The summed E-state index contributed by atoms with van der Waals surface area (Å²) in [4.78, 5) is 29.6. The van der Waals surface area contributed by atoms with Gasteiger partial charge in [0.2, 0.25) is 5.91 Å². The third-order valence-electron chi connectivity index (χ3n) is 5.79. The zero-order valence-electron chi connectivity index (χ0n) is 15.7. The number of phenolic OH excluding ortho intramolecular Hbond substituents is 1. The summed E-state index contributed by atoms with van der Waals surface area (Å²) >= 11 is 0. The smallest absolute Gasteiger partial charge is 0.258 e. The van der Waals surface area contributed by atoms with Gasteiger partial charge >= 0.3 is 0 Å². The number of likely N-dealkylation sites (tertiary alicyclic amines) is 2. The number of carbonyl (C=O) groups is 2. The minimum Gasteiger partial charge on any atom is -0.507 e. The maximum atomic E-state index is 13.1. The van der Waals surface area contributed by atoms with E-state index in [-0.39, 0.29) is 29.2 Å². The third-order valence-corrected chi connectivity index (χ3v) is 5.79. The highest BCUT2D eigenvalue weighted by molar-refractivity contribution is 5.99. The predicted octanol–water partition coefficient (Wildman–Crippen LogP) is 3.43.